The molecule has 9 heteroatoms. The number of aliphatic hydroxyl groups excluding tert-OH is 1. The molecule has 1 unspecified atom stereocenters. The summed E-state index contributed by atoms with van der Waals surface area (Å²) in [6.45, 7) is 0. The fourth-order valence-electron chi connectivity index (χ4n) is 3.59. The van der Waals surface area contributed by atoms with Crippen LogP contribution in [-0.4, -0.2) is 31.0 Å². The molecule has 1 aliphatic heterocycles. The zero-order valence-electron chi connectivity index (χ0n) is 17.0. The van der Waals surface area contributed by atoms with Gasteiger partial charge < -0.3 is 19.0 Å². The van der Waals surface area contributed by atoms with Gasteiger partial charge in [0.1, 0.15) is 34.9 Å². The Hall–Kier alpha value is -3.78. The molecule has 2 aromatic carbocycles. The van der Waals surface area contributed by atoms with Crippen molar-refractivity contribution in [3.63, 3.8) is 0 Å². The lowest BCUT2D eigenvalue weighted by Crippen LogP contribution is -2.29. The van der Waals surface area contributed by atoms with Gasteiger partial charge in [-0.25, -0.2) is 4.39 Å². The summed E-state index contributed by atoms with van der Waals surface area (Å²) < 4.78 is 29.7. The number of benzene rings is 2. The van der Waals surface area contributed by atoms with Gasteiger partial charge in [0.25, 0.3) is 11.7 Å². The van der Waals surface area contributed by atoms with Crippen LogP contribution in [0.3, 0.4) is 0 Å². The number of carbonyl (C=O) groups excluding carboxylic acids is 2. The van der Waals surface area contributed by atoms with Crippen molar-refractivity contribution in [3.8, 4) is 11.5 Å². The van der Waals surface area contributed by atoms with E-state index in [-0.39, 0.29) is 33.4 Å². The lowest BCUT2D eigenvalue weighted by Gasteiger charge is -2.23. The summed E-state index contributed by atoms with van der Waals surface area (Å²) >= 11 is 5.90. The fourth-order valence-corrected chi connectivity index (χ4v) is 3.76. The minimum atomic E-state index is -1.11. The number of furan rings is 1. The van der Waals surface area contributed by atoms with Gasteiger partial charge in [-0.1, -0.05) is 11.6 Å². The third kappa shape index (κ3) is 3.48. The average Bonchev–Trinajstić information content (AvgIpc) is 3.42. The van der Waals surface area contributed by atoms with Gasteiger partial charge in [-0.3, -0.25) is 14.5 Å². The number of hydrogen-bond acceptors (Lipinski definition) is 6. The van der Waals surface area contributed by atoms with Gasteiger partial charge in [0.2, 0.25) is 0 Å². The number of nitrogens with zero attached hydrogens (tertiary/aromatic N) is 1. The van der Waals surface area contributed by atoms with E-state index in [1.165, 1.54) is 44.7 Å². The quantitative estimate of drug-likeness (QED) is 0.339. The van der Waals surface area contributed by atoms with Crippen molar-refractivity contribution in [2.24, 2.45) is 0 Å². The first-order chi connectivity index (χ1) is 15.4. The number of amides is 1. The van der Waals surface area contributed by atoms with Crippen LogP contribution in [0.4, 0.5) is 10.1 Å². The van der Waals surface area contributed by atoms with Crippen LogP contribution in [0.25, 0.3) is 5.76 Å². The molecule has 2 heterocycles. The minimum absolute atomic E-state index is 0.167. The van der Waals surface area contributed by atoms with E-state index in [1.807, 2.05) is 0 Å². The molecular formula is C23H17ClFNO6. The molecule has 1 amide bonds. The topological polar surface area (TPSA) is 89.2 Å². The number of anilines is 1. The number of ether oxygens (including phenoxy) is 2. The van der Waals surface area contributed by atoms with Gasteiger partial charge in [-0.05, 0) is 42.5 Å². The van der Waals surface area contributed by atoms with E-state index in [2.05, 4.69) is 0 Å². The number of aliphatic hydroxyl groups is 1. The minimum Gasteiger partial charge on any atom is -0.507 e. The Kier molecular flexibility index (Phi) is 5.63. The lowest BCUT2D eigenvalue weighted by molar-refractivity contribution is -0.132. The molecule has 1 fully saturated rings. The van der Waals surface area contributed by atoms with Crippen molar-refractivity contribution in [2.75, 3.05) is 19.1 Å². The first-order valence-corrected chi connectivity index (χ1v) is 9.77. The van der Waals surface area contributed by atoms with Gasteiger partial charge in [0.05, 0.1) is 36.6 Å². The molecule has 164 valence electrons. The summed E-state index contributed by atoms with van der Waals surface area (Å²) in [5.41, 5.74) is 0.134. The molecule has 0 aliphatic carbocycles. The number of rotatable bonds is 5. The largest absolute Gasteiger partial charge is 0.507 e. The lowest BCUT2D eigenvalue weighted by atomic mass is 9.98. The SMILES string of the molecule is COc1ccc(/C(O)=C2/C(=O)C(=O)N(c3ccc(F)c(Cl)c3)C2c2ccco2)c(OC)c1. The highest BCUT2D eigenvalue weighted by atomic mass is 35.5. The fraction of sp³-hybridized carbons (Fsp3) is 0.130. The van der Waals surface area contributed by atoms with E-state index in [1.54, 1.807) is 18.2 Å². The van der Waals surface area contributed by atoms with Crippen LogP contribution in [0.15, 0.2) is 64.8 Å². The van der Waals surface area contributed by atoms with Crippen molar-refractivity contribution in [2.45, 2.75) is 6.04 Å². The molecule has 1 aliphatic rings. The Bertz CT molecular complexity index is 1240. The maximum absolute atomic E-state index is 13.7. The molecule has 0 spiro atoms. The molecule has 7 nitrogen and oxygen atoms in total. The first-order valence-electron chi connectivity index (χ1n) is 9.39. The van der Waals surface area contributed by atoms with Crippen molar-refractivity contribution in [1.29, 1.82) is 0 Å². The van der Waals surface area contributed by atoms with Crippen LogP contribution >= 0.6 is 11.6 Å². The third-order valence-electron chi connectivity index (χ3n) is 5.10. The Morgan fingerprint density at radius 2 is 1.91 bits per heavy atom. The van der Waals surface area contributed by atoms with E-state index in [0.717, 1.165) is 11.0 Å². The number of methoxy groups -OCH3 is 2. The van der Waals surface area contributed by atoms with Gasteiger partial charge >= 0.3 is 0 Å². The molecular weight excluding hydrogens is 441 g/mol. The second kappa shape index (κ2) is 8.39. The number of Topliss-reactive ketones (excluding diaryl/α,β-unsaturated/α-hetero) is 1. The highest BCUT2D eigenvalue weighted by Crippen LogP contribution is 2.44. The van der Waals surface area contributed by atoms with Crippen LogP contribution < -0.4 is 14.4 Å². The second-order valence-corrected chi connectivity index (χ2v) is 7.26. The Balaban J connectivity index is 1.94. The van der Waals surface area contributed by atoms with Crippen LogP contribution in [0.2, 0.25) is 5.02 Å². The van der Waals surface area contributed by atoms with Crippen molar-refractivity contribution in [3.05, 3.63) is 82.5 Å². The molecule has 1 saturated heterocycles. The summed E-state index contributed by atoms with van der Waals surface area (Å²) in [5.74, 6) is -2.08. The Morgan fingerprint density at radius 3 is 2.53 bits per heavy atom. The predicted molar refractivity (Wildman–Crippen MR) is 114 cm³/mol. The number of ketones is 1. The zero-order valence-corrected chi connectivity index (χ0v) is 17.7. The van der Waals surface area contributed by atoms with Crippen LogP contribution in [0, 0.1) is 5.82 Å². The van der Waals surface area contributed by atoms with Crippen LogP contribution in [0.1, 0.15) is 17.4 Å². The van der Waals surface area contributed by atoms with E-state index in [9.17, 15) is 19.1 Å². The van der Waals surface area contributed by atoms with E-state index >= 15 is 0 Å². The number of carbonyl (C=O) groups is 2. The Morgan fingerprint density at radius 1 is 1.12 bits per heavy atom. The molecule has 0 radical (unpaired) electrons. The van der Waals surface area contributed by atoms with Gasteiger partial charge in [-0.2, -0.15) is 0 Å². The first kappa shape index (κ1) is 21.5. The smallest absolute Gasteiger partial charge is 0.300 e. The molecule has 1 atom stereocenters. The summed E-state index contributed by atoms with van der Waals surface area (Å²) in [4.78, 5) is 27.2. The Labute approximate surface area is 187 Å². The average molecular weight is 458 g/mol. The van der Waals surface area contributed by atoms with Gasteiger partial charge in [0.15, 0.2) is 0 Å². The number of halogens is 2. The molecule has 0 saturated carbocycles. The maximum atomic E-state index is 13.7. The van der Waals surface area contributed by atoms with Gasteiger partial charge in [0, 0.05) is 11.8 Å². The molecule has 1 N–H and O–H groups in total. The third-order valence-corrected chi connectivity index (χ3v) is 5.39. The monoisotopic (exact) mass is 457 g/mol. The molecule has 32 heavy (non-hydrogen) atoms. The number of hydrogen-bond donors (Lipinski definition) is 1. The maximum Gasteiger partial charge on any atom is 0.300 e. The van der Waals surface area contributed by atoms with E-state index < -0.39 is 29.3 Å². The van der Waals surface area contributed by atoms with E-state index in [0.29, 0.717) is 5.75 Å². The highest BCUT2D eigenvalue weighted by Gasteiger charge is 2.48. The van der Waals surface area contributed by atoms with Crippen molar-refractivity contribution in [1.82, 2.24) is 0 Å². The predicted octanol–water partition coefficient (Wildman–Crippen LogP) is 4.72. The standard InChI is InChI=1S/C23H17ClFNO6/c1-30-13-6-7-14(18(11-13)31-2)21(27)19-20(17-4-3-9-32-17)26(23(29)22(19)28)12-5-8-16(25)15(24)10-12/h3-11,20,27H,1-2H3/b21-19-. The molecule has 0 bridgehead atoms. The zero-order chi connectivity index (χ0) is 23.0. The van der Waals surface area contributed by atoms with Crippen LogP contribution in [0.5, 0.6) is 11.5 Å². The normalized spacial score (nSPS) is 17.6. The van der Waals surface area contributed by atoms with E-state index in [4.69, 9.17) is 25.5 Å². The summed E-state index contributed by atoms with van der Waals surface area (Å²) in [7, 11) is 2.87. The van der Waals surface area contributed by atoms with Gasteiger partial charge in [-0.15, -0.1) is 0 Å². The molecule has 1 aromatic heterocycles. The summed E-state index contributed by atoms with van der Waals surface area (Å²) in [5, 5.41) is 10.9. The van der Waals surface area contributed by atoms with Crippen molar-refractivity contribution >= 4 is 34.7 Å². The second-order valence-electron chi connectivity index (χ2n) is 6.85. The molecule has 4 rings (SSSR count). The molecule has 3 aromatic rings. The van der Waals surface area contributed by atoms with Crippen LogP contribution in [-0.2, 0) is 9.59 Å². The summed E-state index contributed by atoms with van der Waals surface area (Å²) in [6.07, 6.45) is 1.38. The summed E-state index contributed by atoms with van der Waals surface area (Å²) in [6, 6.07) is 10.3. The van der Waals surface area contributed by atoms with Crippen molar-refractivity contribution < 1.29 is 33.0 Å². The highest BCUT2D eigenvalue weighted by molar-refractivity contribution is 6.51.